The standard InChI is InChI=1S/C95H158O16P2/c1-4-7-10-13-16-19-22-25-28-31-34-36-38-40-41-42-43-44-45-46-47-49-51-52-55-57-60-63-66-69-72-75-78-81-93(98)105-84-90(96)85-107-112(101,102)108-86-91(97)87-109-113(103,104)110-89-92(111-95(100)83-80-77-74-71-68-65-62-59-54-33-30-27-24-21-18-15-12-9-6-3)88-106-94(99)82-79-76-73-70-67-64-61-58-56-53-50-48-39-37-35-32-29-26-23-20-17-14-11-8-5-2/h7-12,16-21,25-30,34-37,40-41,48,50,54,59,65,68,90-92,96-97H,4-6,13-15,22-24,31-33,38-39,42-47,49,51-53,55-58,60-64,66-67,69-89H2,1-3H3,(H,101,102)(H,103,104)/b10-7-,11-8-,12-9-,19-16-,20-17-,21-18-,28-25-,29-26-,30-27-,36-34-,37-35-,41-40-,50-48-,59-54-,68-65-. The number of allylic oxidation sites excluding steroid dienone is 30. The first-order valence-electron chi connectivity index (χ1n) is 44.1. The normalized spacial score (nSPS) is 14.7. The van der Waals surface area contributed by atoms with E-state index in [0.717, 1.165) is 167 Å². The molecule has 0 radical (unpaired) electrons. The van der Waals surface area contributed by atoms with Gasteiger partial charge in [0.05, 0.1) is 26.4 Å². The molecule has 5 unspecified atom stereocenters. The van der Waals surface area contributed by atoms with Gasteiger partial charge in [-0.25, -0.2) is 9.13 Å². The van der Waals surface area contributed by atoms with Crippen LogP contribution in [0.5, 0.6) is 0 Å². The number of carbonyl (C=O) groups excluding carboxylic acids is 3. The summed E-state index contributed by atoms with van der Waals surface area (Å²) in [6.07, 6.45) is 112. The van der Waals surface area contributed by atoms with E-state index in [4.69, 9.17) is 32.3 Å². The molecule has 18 heteroatoms. The summed E-state index contributed by atoms with van der Waals surface area (Å²) in [7, 11) is -9.82. The van der Waals surface area contributed by atoms with Gasteiger partial charge in [-0.3, -0.25) is 32.5 Å². The lowest BCUT2D eigenvalue weighted by molar-refractivity contribution is -0.161. The van der Waals surface area contributed by atoms with Crippen LogP contribution in [0, 0.1) is 0 Å². The van der Waals surface area contributed by atoms with Gasteiger partial charge in [-0.1, -0.05) is 351 Å². The second-order valence-electron chi connectivity index (χ2n) is 28.9. The van der Waals surface area contributed by atoms with E-state index in [-0.39, 0.29) is 19.3 Å². The highest BCUT2D eigenvalue weighted by molar-refractivity contribution is 7.47. The second-order valence-corrected chi connectivity index (χ2v) is 31.8. The minimum absolute atomic E-state index is 0.0584. The molecule has 0 bridgehead atoms. The Kier molecular flexibility index (Phi) is 81.9. The van der Waals surface area contributed by atoms with Crippen molar-refractivity contribution in [1.29, 1.82) is 0 Å². The number of esters is 3. The highest BCUT2D eigenvalue weighted by atomic mass is 31.2. The van der Waals surface area contributed by atoms with Crippen LogP contribution in [0.4, 0.5) is 0 Å². The molecule has 0 spiro atoms. The van der Waals surface area contributed by atoms with Crippen LogP contribution >= 0.6 is 15.6 Å². The van der Waals surface area contributed by atoms with Crippen LogP contribution in [0.3, 0.4) is 0 Å². The van der Waals surface area contributed by atoms with E-state index >= 15 is 0 Å². The average Bonchev–Trinajstić information content (AvgIpc) is 0.900. The predicted octanol–water partition coefficient (Wildman–Crippen LogP) is 26.9. The zero-order chi connectivity index (χ0) is 82.2. The van der Waals surface area contributed by atoms with Gasteiger partial charge in [0.15, 0.2) is 6.10 Å². The zero-order valence-electron chi connectivity index (χ0n) is 70.7. The molecule has 0 aliphatic rings. The third-order valence-corrected chi connectivity index (χ3v) is 20.0. The summed E-state index contributed by atoms with van der Waals surface area (Å²) in [5.74, 6) is -1.62. The molecule has 0 saturated carbocycles. The molecule has 0 aromatic heterocycles. The van der Waals surface area contributed by atoms with Gasteiger partial charge in [0, 0.05) is 19.3 Å². The highest BCUT2D eigenvalue weighted by Gasteiger charge is 2.29. The van der Waals surface area contributed by atoms with Gasteiger partial charge < -0.3 is 34.2 Å². The summed E-state index contributed by atoms with van der Waals surface area (Å²) in [5, 5.41) is 20.7. The molecule has 16 nitrogen and oxygen atoms in total. The summed E-state index contributed by atoms with van der Waals surface area (Å²) in [5.41, 5.74) is 0. The number of aliphatic hydroxyl groups excluding tert-OH is 2. The predicted molar refractivity (Wildman–Crippen MR) is 472 cm³/mol. The van der Waals surface area contributed by atoms with Crippen molar-refractivity contribution in [3.63, 3.8) is 0 Å². The average molecular weight is 1620 g/mol. The molecular weight excluding hydrogens is 1460 g/mol. The van der Waals surface area contributed by atoms with E-state index in [2.05, 4.69) is 203 Å². The molecule has 4 N–H and O–H groups in total. The Bertz CT molecular complexity index is 2780. The highest BCUT2D eigenvalue weighted by Crippen LogP contribution is 2.45. The van der Waals surface area contributed by atoms with E-state index in [1.807, 2.05) is 0 Å². The Labute approximate surface area is 687 Å². The molecule has 644 valence electrons. The second kappa shape index (κ2) is 86.0. The fourth-order valence-electron chi connectivity index (χ4n) is 11.5. The largest absolute Gasteiger partial charge is 0.472 e. The summed E-state index contributed by atoms with van der Waals surface area (Å²) in [6, 6.07) is 0. The molecule has 0 heterocycles. The van der Waals surface area contributed by atoms with Crippen molar-refractivity contribution in [1.82, 2.24) is 0 Å². The Morgan fingerprint density at radius 3 is 0.708 bits per heavy atom. The van der Waals surface area contributed by atoms with E-state index < -0.39 is 91.5 Å². The first-order valence-corrected chi connectivity index (χ1v) is 47.1. The smallest absolute Gasteiger partial charge is 0.463 e. The number of hydrogen-bond donors (Lipinski definition) is 4. The maximum atomic E-state index is 13.0. The van der Waals surface area contributed by atoms with Crippen molar-refractivity contribution in [2.45, 2.75) is 360 Å². The summed E-state index contributed by atoms with van der Waals surface area (Å²) < 4.78 is 61.3. The molecular formula is C95H158O16P2. The van der Waals surface area contributed by atoms with E-state index in [9.17, 15) is 43.5 Å². The third kappa shape index (κ3) is 87.3. The van der Waals surface area contributed by atoms with Crippen LogP contribution in [0.1, 0.15) is 342 Å². The lowest BCUT2D eigenvalue weighted by atomic mass is 10.0. The number of unbranched alkanes of at least 4 members (excludes halogenated alkanes) is 29. The fourth-order valence-corrected chi connectivity index (χ4v) is 13.1. The number of aliphatic hydroxyl groups is 2. The quantitative estimate of drug-likeness (QED) is 0.0146. The topological polar surface area (TPSA) is 231 Å². The molecule has 0 aromatic rings. The van der Waals surface area contributed by atoms with Gasteiger partial charge >= 0.3 is 33.6 Å². The summed E-state index contributed by atoms with van der Waals surface area (Å²) >= 11 is 0. The Morgan fingerprint density at radius 2 is 0.442 bits per heavy atom. The molecule has 0 fully saturated rings. The van der Waals surface area contributed by atoms with Gasteiger partial charge in [0.2, 0.25) is 0 Å². The maximum absolute atomic E-state index is 13.0. The number of rotatable bonds is 82. The molecule has 5 atom stereocenters. The van der Waals surface area contributed by atoms with Gasteiger partial charge in [-0.2, -0.15) is 0 Å². The van der Waals surface area contributed by atoms with Crippen LogP contribution in [0.15, 0.2) is 182 Å². The Hall–Kier alpha value is -5.35. The molecule has 0 aliphatic carbocycles. The molecule has 0 rings (SSSR count). The molecule has 0 amide bonds. The van der Waals surface area contributed by atoms with Gasteiger partial charge in [0.1, 0.15) is 25.4 Å². The van der Waals surface area contributed by atoms with Crippen molar-refractivity contribution in [2.75, 3.05) is 39.6 Å². The molecule has 0 aromatic carbocycles. The lowest BCUT2D eigenvalue weighted by Gasteiger charge is -2.21. The van der Waals surface area contributed by atoms with Crippen molar-refractivity contribution in [3.8, 4) is 0 Å². The van der Waals surface area contributed by atoms with Gasteiger partial charge in [-0.15, -0.1) is 0 Å². The zero-order valence-corrected chi connectivity index (χ0v) is 72.5. The van der Waals surface area contributed by atoms with Crippen molar-refractivity contribution < 1.29 is 75.8 Å². The lowest BCUT2D eigenvalue weighted by Crippen LogP contribution is -2.30. The third-order valence-electron chi connectivity index (χ3n) is 18.1. The molecule has 0 saturated heterocycles. The number of phosphoric ester groups is 2. The van der Waals surface area contributed by atoms with Crippen LogP contribution < -0.4 is 0 Å². The fraction of sp³-hybridized carbons (Fsp3) is 0.653. The van der Waals surface area contributed by atoms with Crippen molar-refractivity contribution in [3.05, 3.63) is 182 Å². The summed E-state index contributed by atoms with van der Waals surface area (Å²) in [4.78, 5) is 58.9. The van der Waals surface area contributed by atoms with Crippen LogP contribution in [0.2, 0.25) is 0 Å². The van der Waals surface area contributed by atoms with Crippen LogP contribution in [-0.4, -0.2) is 95.9 Å². The molecule has 113 heavy (non-hydrogen) atoms. The monoisotopic (exact) mass is 1620 g/mol. The number of phosphoric acid groups is 2. The van der Waals surface area contributed by atoms with Crippen molar-refractivity contribution in [2.24, 2.45) is 0 Å². The number of hydrogen-bond acceptors (Lipinski definition) is 14. The van der Waals surface area contributed by atoms with E-state index in [1.54, 1.807) is 0 Å². The van der Waals surface area contributed by atoms with Crippen LogP contribution in [-0.2, 0) is 55.8 Å². The number of carbonyl (C=O) groups is 3. The van der Waals surface area contributed by atoms with Crippen LogP contribution in [0.25, 0.3) is 0 Å². The first-order chi connectivity index (χ1) is 55.2. The summed E-state index contributed by atoms with van der Waals surface area (Å²) in [6.45, 7) is 2.31. The number of ether oxygens (including phenoxy) is 3. The SMILES string of the molecule is CC/C=C\C/C=C\C/C=C\C/C=C\C/C=C\CCCCCCCCCCCCCCCCCCCC(=O)OCC(O)COP(=O)(O)OCC(O)COP(=O)(O)OCC(COC(=O)CCCCCCCCCCC/C=C\C/C=C\C/C=C\C/C=C\C/C=C\CC)OC(=O)CCCCC/C=C\C/C=C\C/C=C\C/C=C\C/C=C\CC. The first kappa shape index (κ1) is 108. The van der Waals surface area contributed by atoms with E-state index in [0.29, 0.717) is 19.3 Å². The maximum Gasteiger partial charge on any atom is 0.472 e. The van der Waals surface area contributed by atoms with Gasteiger partial charge in [0.25, 0.3) is 0 Å². The molecule has 0 aliphatic heterocycles. The van der Waals surface area contributed by atoms with E-state index in [1.165, 1.54) is 116 Å². The minimum Gasteiger partial charge on any atom is -0.463 e. The van der Waals surface area contributed by atoms with Gasteiger partial charge in [-0.05, 0) is 154 Å². The van der Waals surface area contributed by atoms with Crippen molar-refractivity contribution >= 4 is 33.6 Å². The Balaban J connectivity index is 4.56. The Morgan fingerprint density at radius 1 is 0.248 bits per heavy atom. The minimum atomic E-state index is -4.95.